The highest BCUT2D eigenvalue weighted by atomic mass is 19.1. The molecule has 0 bridgehead atoms. The van der Waals surface area contributed by atoms with E-state index in [9.17, 15) is 14.0 Å². The third-order valence-corrected chi connectivity index (χ3v) is 6.08. The summed E-state index contributed by atoms with van der Waals surface area (Å²) >= 11 is 0. The molecule has 2 amide bonds. The Morgan fingerprint density at radius 1 is 1.43 bits per heavy atom. The molecule has 196 valence electrons. The van der Waals surface area contributed by atoms with Crippen LogP contribution >= 0.6 is 0 Å². The standard InChI is InChI=1S/C26H33FN8O2/c1-5-6-14-34-25(33-13-7-8-21(28)18-33)31-24(11-16-36)35(34)26(37)32(4)15-12-30-19(2)22-17-20(27)9-10-23(22)29-3/h9-11,16-17,21H,3,7-8,12-15,18,28H2,1-2,4H3/b24-11-,30-19?. The van der Waals surface area contributed by atoms with Gasteiger partial charge in [-0.1, -0.05) is 5.92 Å². The van der Waals surface area contributed by atoms with Gasteiger partial charge < -0.3 is 15.5 Å². The van der Waals surface area contributed by atoms with Crippen molar-refractivity contribution in [3.63, 3.8) is 0 Å². The van der Waals surface area contributed by atoms with Crippen LogP contribution in [0, 0.1) is 17.7 Å². The highest BCUT2D eigenvalue weighted by Gasteiger charge is 2.38. The summed E-state index contributed by atoms with van der Waals surface area (Å²) < 4.78 is 13.7. The number of guanidine groups is 1. The second-order valence-corrected chi connectivity index (χ2v) is 8.71. The molecule has 1 atom stereocenters. The second kappa shape index (κ2) is 12.8. The van der Waals surface area contributed by atoms with E-state index in [4.69, 9.17) is 5.73 Å². The summed E-state index contributed by atoms with van der Waals surface area (Å²) in [6, 6.07) is 3.82. The summed E-state index contributed by atoms with van der Waals surface area (Å²) in [5, 5.41) is 3.03. The predicted octanol–water partition coefficient (Wildman–Crippen LogP) is 2.39. The zero-order chi connectivity index (χ0) is 26.9. The van der Waals surface area contributed by atoms with Crippen LogP contribution in [-0.2, 0) is 4.79 Å². The summed E-state index contributed by atoms with van der Waals surface area (Å²) in [4.78, 5) is 41.5. The van der Waals surface area contributed by atoms with Crippen LogP contribution in [0.2, 0.25) is 0 Å². The highest BCUT2D eigenvalue weighted by Crippen LogP contribution is 2.25. The lowest BCUT2D eigenvalue weighted by atomic mass is 10.1. The molecule has 2 aliphatic heterocycles. The second-order valence-electron chi connectivity index (χ2n) is 8.71. The van der Waals surface area contributed by atoms with Gasteiger partial charge in [0.2, 0.25) is 5.96 Å². The van der Waals surface area contributed by atoms with Crippen LogP contribution in [0.15, 0.2) is 45.1 Å². The van der Waals surface area contributed by atoms with Gasteiger partial charge in [-0.15, -0.1) is 5.92 Å². The Morgan fingerprint density at radius 2 is 2.22 bits per heavy atom. The number of hydrazine groups is 1. The summed E-state index contributed by atoms with van der Waals surface area (Å²) in [7, 11) is 1.64. The number of amides is 2. The predicted molar refractivity (Wildman–Crippen MR) is 143 cm³/mol. The van der Waals surface area contributed by atoms with Crippen molar-refractivity contribution in [3.05, 3.63) is 41.5 Å². The lowest BCUT2D eigenvalue weighted by Gasteiger charge is -2.38. The minimum absolute atomic E-state index is 0.00233. The molecule has 10 nitrogen and oxygen atoms in total. The number of aldehydes is 1. The number of benzene rings is 1. The van der Waals surface area contributed by atoms with E-state index in [2.05, 4.69) is 33.5 Å². The molecule has 1 aromatic carbocycles. The number of piperidine rings is 1. The highest BCUT2D eigenvalue weighted by molar-refractivity contribution is 6.03. The van der Waals surface area contributed by atoms with Gasteiger partial charge in [0.15, 0.2) is 5.82 Å². The molecule has 1 fully saturated rings. The van der Waals surface area contributed by atoms with Crippen molar-refractivity contribution in [2.24, 2.45) is 20.7 Å². The summed E-state index contributed by atoms with van der Waals surface area (Å²) in [6.07, 6.45) is 3.68. The third kappa shape index (κ3) is 6.59. The van der Waals surface area contributed by atoms with Crippen LogP contribution in [-0.4, -0.2) is 96.3 Å². The first-order valence-electron chi connectivity index (χ1n) is 12.0. The molecule has 0 spiro atoms. The molecule has 1 unspecified atom stereocenters. The number of carbonyl (C=O) groups excluding carboxylic acids is 2. The fraction of sp³-hybridized carbons (Fsp3) is 0.423. The zero-order valence-corrected chi connectivity index (χ0v) is 21.5. The molecule has 0 aromatic heterocycles. The molecule has 2 heterocycles. The number of nitrogens with two attached hydrogens (primary N) is 1. The molecular weight excluding hydrogens is 475 g/mol. The van der Waals surface area contributed by atoms with Crippen molar-refractivity contribution in [1.82, 2.24) is 19.8 Å². The monoisotopic (exact) mass is 508 g/mol. The Bertz CT molecular complexity index is 1180. The summed E-state index contributed by atoms with van der Waals surface area (Å²) in [6.45, 7) is 9.08. The van der Waals surface area contributed by atoms with Crippen molar-refractivity contribution in [3.8, 4) is 11.8 Å². The number of hydrogen-bond acceptors (Lipinski definition) is 8. The van der Waals surface area contributed by atoms with Gasteiger partial charge >= 0.3 is 6.03 Å². The maximum Gasteiger partial charge on any atom is 0.344 e. The van der Waals surface area contributed by atoms with Gasteiger partial charge in [-0.3, -0.25) is 14.8 Å². The van der Waals surface area contributed by atoms with Crippen LogP contribution in [0.4, 0.5) is 14.9 Å². The molecule has 1 saturated heterocycles. The number of aliphatic imine (C=N–C) groups is 3. The van der Waals surface area contributed by atoms with Crippen LogP contribution in [0.3, 0.4) is 0 Å². The van der Waals surface area contributed by atoms with Crippen LogP contribution in [0.25, 0.3) is 0 Å². The minimum Gasteiger partial charge on any atom is -0.339 e. The Kier molecular flexibility index (Phi) is 9.51. The van der Waals surface area contributed by atoms with E-state index in [0.717, 1.165) is 19.4 Å². The number of nitrogens with zero attached hydrogens (tertiary/aromatic N) is 7. The van der Waals surface area contributed by atoms with E-state index >= 15 is 0 Å². The average Bonchev–Trinajstić information content (AvgIpc) is 3.24. The van der Waals surface area contributed by atoms with Crippen molar-refractivity contribution in [2.45, 2.75) is 32.7 Å². The topological polar surface area (TPSA) is 110 Å². The van der Waals surface area contributed by atoms with Crippen molar-refractivity contribution in [1.29, 1.82) is 0 Å². The van der Waals surface area contributed by atoms with Crippen LogP contribution in [0.1, 0.15) is 32.3 Å². The number of allylic oxidation sites excluding steroid dienone is 1. The molecule has 11 heteroatoms. The quantitative estimate of drug-likeness (QED) is 0.263. The lowest BCUT2D eigenvalue weighted by Crippen LogP contribution is -2.56. The smallest absolute Gasteiger partial charge is 0.339 e. The molecule has 1 aromatic rings. The first-order chi connectivity index (χ1) is 17.8. The van der Waals surface area contributed by atoms with E-state index < -0.39 is 11.8 Å². The van der Waals surface area contributed by atoms with Crippen molar-refractivity contribution in [2.75, 3.05) is 39.8 Å². The number of halogens is 1. The summed E-state index contributed by atoms with van der Waals surface area (Å²) in [5.74, 6) is 6.19. The van der Waals surface area contributed by atoms with Gasteiger partial charge in [0.1, 0.15) is 18.6 Å². The zero-order valence-electron chi connectivity index (χ0n) is 21.5. The molecule has 37 heavy (non-hydrogen) atoms. The van der Waals surface area contributed by atoms with E-state index in [-0.39, 0.29) is 31.5 Å². The summed E-state index contributed by atoms with van der Waals surface area (Å²) in [5.41, 5.74) is 7.83. The molecule has 3 rings (SSSR count). The van der Waals surface area contributed by atoms with Gasteiger partial charge in [-0.05, 0) is 51.6 Å². The largest absolute Gasteiger partial charge is 0.344 e. The maximum absolute atomic E-state index is 13.7. The lowest BCUT2D eigenvalue weighted by molar-refractivity contribution is -0.104. The third-order valence-electron chi connectivity index (χ3n) is 6.08. The van der Waals surface area contributed by atoms with Crippen molar-refractivity contribution < 1.29 is 14.0 Å². The van der Waals surface area contributed by atoms with Crippen LogP contribution < -0.4 is 5.73 Å². The maximum atomic E-state index is 13.7. The minimum atomic E-state index is -0.395. The average molecular weight is 509 g/mol. The Hall–Kier alpha value is -4.04. The van der Waals surface area contributed by atoms with Gasteiger partial charge in [-0.2, -0.15) is 10.0 Å². The Balaban J connectivity index is 1.78. The molecule has 0 saturated carbocycles. The fourth-order valence-corrected chi connectivity index (χ4v) is 4.16. The van der Waals surface area contributed by atoms with Crippen LogP contribution in [0.5, 0.6) is 0 Å². The van der Waals surface area contributed by atoms with Gasteiger partial charge in [0.05, 0.1) is 12.2 Å². The van der Waals surface area contributed by atoms with E-state index in [1.807, 2.05) is 4.90 Å². The molecular formula is C26H33FN8O2. The number of carbonyl (C=O) groups is 2. The molecule has 0 radical (unpaired) electrons. The number of rotatable bonds is 7. The first kappa shape index (κ1) is 27.5. The normalized spacial score (nSPS) is 18.9. The van der Waals surface area contributed by atoms with Gasteiger partial charge in [0.25, 0.3) is 0 Å². The van der Waals surface area contributed by atoms with Crippen molar-refractivity contribution >= 4 is 36.4 Å². The Morgan fingerprint density at radius 3 is 2.89 bits per heavy atom. The molecule has 2 N–H and O–H groups in total. The number of urea groups is 1. The molecule has 2 aliphatic rings. The molecule has 0 aliphatic carbocycles. The van der Waals surface area contributed by atoms with E-state index in [1.165, 1.54) is 28.1 Å². The van der Waals surface area contributed by atoms with Gasteiger partial charge in [0, 0.05) is 50.1 Å². The van der Waals surface area contributed by atoms with E-state index in [1.54, 1.807) is 32.0 Å². The van der Waals surface area contributed by atoms with E-state index in [0.29, 0.717) is 35.8 Å². The number of hydrogen-bond donors (Lipinski definition) is 1. The fourth-order valence-electron chi connectivity index (χ4n) is 4.16. The number of likely N-dealkylation sites (N-methyl/N-ethyl adjacent to an activating group) is 1. The van der Waals surface area contributed by atoms with Gasteiger partial charge in [-0.25, -0.2) is 14.2 Å². The number of likely N-dealkylation sites (tertiary alicyclic amines) is 1. The Labute approximate surface area is 217 Å². The SMILES string of the molecule is C=Nc1ccc(F)cc1C(C)=NCCN(C)C(=O)N1/C(=C\C=O)N=C(N2CCCC(N)C2)N1CC#CC. The first-order valence-corrected chi connectivity index (χ1v) is 12.0.